The molecule has 0 bridgehead atoms. The zero-order valence-electron chi connectivity index (χ0n) is 17.4. The number of Topliss-reactive ketones (excluding diaryl/α,β-unsaturated/α-hetero) is 2. The third-order valence-corrected chi connectivity index (χ3v) is 5.25. The number of rotatable bonds is 4. The molecule has 2 aliphatic carbocycles. The highest BCUT2D eigenvalue weighted by Crippen LogP contribution is 2.45. The van der Waals surface area contributed by atoms with Crippen LogP contribution in [0.4, 0.5) is 0 Å². The Morgan fingerprint density at radius 3 is 1.74 bits per heavy atom. The van der Waals surface area contributed by atoms with Gasteiger partial charge in [0.25, 0.3) is 0 Å². The van der Waals surface area contributed by atoms with Gasteiger partial charge >= 0.3 is 11.9 Å². The van der Waals surface area contributed by atoms with Crippen LogP contribution in [0.3, 0.4) is 0 Å². The van der Waals surface area contributed by atoms with E-state index in [2.05, 4.69) is 0 Å². The molecule has 0 atom stereocenters. The number of fused-ring (bicyclic) bond motifs is 3. The van der Waals surface area contributed by atoms with Crippen molar-refractivity contribution in [1.29, 1.82) is 0 Å². The molecule has 0 spiro atoms. The molecule has 31 heavy (non-hydrogen) atoms. The molecule has 0 radical (unpaired) electrons. The second-order valence-electron chi connectivity index (χ2n) is 7.32. The van der Waals surface area contributed by atoms with Gasteiger partial charge in [0.05, 0.1) is 11.1 Å². The Hall–Kier alpha value is -3.80. The fourth-order valence-corrected chi connectivity index (χ4v) is 3.71. The summed E-state index contributed by atoms with van der Waals surface area (Å²) in [6.45, 7) is 5.12. The van der Waals surface area contributed by atoms with Crippen molar-refractivity contribution in [1.82, 2.24) is 0 Å². The SMILES string of the molecule is CCC(=O)OC1=C2C(=O)c3ccc(C)cc3C(OC(=O)CC)=C2C(=O)c2ccccc21. The second-order valence-corrected chi connectivity index (χ2v) is 7.32. The number of carbonyl (C=O) groups excluding carboxylic acids is 4. The van der Waals surface area contributed by atoms with E-state index in [4.69, 9.17) is 9.47 Å². The van der Waals surface area contributed by atoms with Crippen LogP contribution in [-0.4, -0.2) is 23.5 Å². The van der Waals surface area contributed by atoms with Crippen LogP contribution in [0.15, 0.2) is 53.6 Å². The first kappa shape index (κ1) is 20.5. The van der Waals surface area contributed by atoms with Crippen LogP contribution in [0, 0.1) is 6.92 Å². The summed E-state index contributed by atoms with van der Waals surface area (Å²) in [5.74, 6) is -1.96. The van der Waals surface area contributed by atoms with E-state index in [1.165, 1.54) is 0 Å². The minimum Gasteiger partial charge on any atom is -0.425 e. The van der Waals surface area contributed by atoms with E-state index in [0.29, 0.717) is 11.1 Å². The normalized spacial score (nSPS) is 14.7. The Labute approximate surface area is 179 Å². The maximum absolute atomic E-state index is 13.5. The van der Waals surface area contributed by atoms with Gasteiger partial charge in [0.15, 0.2) is 23.1 Å². The predicted octanol–water partition coefficient (Wildman–Crippen LogP) is 4.42. The van der Waals surface area contributed by atoms with Crippen molar-refractivity contribution in [3.63, 3.8) is 0 Å². The summed E-state index contributed by atoms with van der Waals surface area (Å²) in [7, 11) is 0. The lowest BCUT2D eigenvalue weighted by Crippen LogP contribution is -2.28. The van der Waals surface area contributed by atoms with Crippen LogP contribution < -0.4 is 0 Å². The molecule has 0 heterocycles. The summed E-state index contributed by atoms with van der Waals surface area (Å²) >= 11 is 0. The van der Waals surface area contributed by atoms with Gasteiger partial charge in [-0.25, -0.2) is 0 Å². The first-order valence-electron chi connectivity index (χ1n) is 10.1. The van der Waals surface area contributed by atoms with E-state index in [0.717, 1.165) is 5.56 Å². The molecule has 2 aromatic rings. The average molecular weight is 416 g/mol. The number of aryl methyl sites for hydroxylation is 1. The molecule has 0 N–H and O–H groups in total. The molecule has 0 fully saturated rings. The highest BCUT2D eigenvalue weighted by atomic mass is 16.5. The Morgan fingerprint density at radius 2 is 1.19 bits per heavy atom. The summed E-state index contributed by atoms with van der Waals surface area (Å²) < 4.78 is 11.2. The van der Waals surface area contributed by atoms with Crippen molar-refractivity contribution < 1.29 is 28.7 Å². The lowest BCUT2D eigenvalue weighted by atomic mass is 9.76. The summed E-state index contributed by atoms with van der Waals surface area (Å²) in [5.41, 5.74) is 2.02. The van der Waals surface area contributed by atoms with Crippen LogP contribution in [0.1, 0.15) is 64.1 Å². The Bertz CT molecular complexity index is 1230. The molecule has 0 saturated carbocycles. The molecule has 6 heteroatoms. The third-order valence-electron chi connectivity index (χ3n) is 5.25. The maximum atomic E-state index is 13.5. The fraction of sp³-hybridized carbons (Fsp3) is 0.200. The molecular formula is C25H20O6. The van der Waals surface area contributed by atoms with E-state index in [1.54, 1.807) is 56.3 Å². The van der Waals surface area contributed by atoms with Gasteiger partial charge in [0.2, 0.25) is 0 Å². The van der Waals surface area contributed by atoms with Crippen LogP contribution in [0.25, 0.3) is 11.5 Å². The minimum atomic E-state index is -0.541. The van der Waals surface area contributed by atoms with E-state index in [-0.39, 0.29) is 46.6 Å². The highest BCUT2D eigenvalue weighted by molar-refractivity contribution is 6.34. The van der Waals surface area contributed by atoms with E-state index >= 15 is 0 Å². The van der Waals surface area contributed by atoms with Crippen molar-refractivity contribution >= 4 is 35.0 Å². The summed E-state index contributed by atoms with van der Waals surface area (Å²) in [4.78, 5) is 51.4. The standard InChI is InChI=1S/C25H20O6/c1-4-18(26)30-24-16-9-7-6-8-14(16)22(28)21-20(24)23(29)15-11-10-13(3)12-17(15)25(21)31-19(27)5-2/h6-12H,4-5H2,1-3H3. The first-order valence-corrected chi connectivity index (χ1v) is 10.1. The quantitative estimate of drug-likeness (QED) is 0.686. The Morgan fingerprint density at radius 1 is 0.710 bits per heavy atom. The van der Waals surface area contributed by atoms with Gasteiger partial charge in [0.1, 0.15) is 0 Å². The molecule has 0 saturated heterocycles. The number of benzene rings is 2. The lowest BCUT2D eigenvalue weighted by molar-refractivity contribution is -0.137. The number of esters is 2. The third kappa shape index (κ3) is 3.30. The van der Waals surface area contributed by atoms with Gasteiger partial charge in [-0.1, -0.05) is 55.8 Å². The summed E-state index contributed by atoms with van der Waals surface area (Å²) in [6.07, 6.45) is 0.182. The molecule has 0 unspecified atom stereocenters. The monoisotopic (exact) mass is 416 g/mol. The van der Waals surface area contributed by atoms with Crippen molar-refractivity contribution in [2.75, 3.05) is 0 Å². The van der Waals surface area contributed by atoms with Gasteiger partial charge in [-0.15, -0.1) is 0 Å². The Balaban J connectivity index is 2.11. The van der Waals surface area contributed by atoms with Gasteiger partial charge in [-0.3, -0.25) is 19.2 Å². The largest absolute Gasteiger partial charge is 0.425 e. The van der Waals surface area contributed by atoms with Gasteiger partial charge in [-0.2, -0.15) is 0 Å². The van der Waals surface area contributed by atoms with Crippen molar-refractivity contribution in [3.05, 3.63) is 81.4 Å². The smallest absolute Gasteiger partial charge is 0.310 e. The van der Waals surface area contributed by atoms with Gasteiger partial charge < -0.3 is 9.47 Å². The molecule has 6 nitrogen and oxygen atoms in total. The van der Waals surface area contributed by atoms with Crippen molar-refractivity contribution in [2.24, 2.45) is 0 Å². The first-order chi connectivity index (χ1) is 14.9. The zero-order valence-corrected chi connectivity index (χ0v) is 17.4. The van der Waals surface area contributed by atoms with Crippen molar-refractivity contribution in [3.8, 4) is 0 Å². The second kappa shape index (κ2) is 7.80. The summed E-state index contributed by atoms with van der Waals surface area (Å²) in [5, 5.41) is 0. The molecule has 156 valence electrons. The average Bonchev–Trinajstić information content (AvgIpc) is 2.78. The highest BCUT2D eigenvalue weighted by Gasteiger charge is 2.43. The number of ketones is 2. The van der Waals surface area contributed by atoms with Gasteiger partial charge in [-0.05, 0) is 13.0 Å². The number of hydrogen-bond donors (Lipinski definition) is 0. The topological polar surface area (TPSA) is 86.7 Å². The maximum Gasteiger partial charge on any atom is 0.310 e. The zero-order chi connectivity index (χ0) is 22.3. The Kier molecular flexibility index (Phi) is 5.15. The van der Waals surface area contributed by atoms with E-state index in [9.17, 15) is 19.2 Å². The summed E-state index contributed by atoms with van der Waals surface area (Å²) in [6, 6.07) is 11.7. The fourth-order valence-electron chi connectivity index (χ4n) is 3.71. The number of ether oxygens (including phenoxy) is 2. The minimum absolute atomic E-state index is 0.0123. The van der Waals surface area contributed by atoms with Crippen LogP contribution in [0.5, 0.6) is 0 Å². The van der Waals surface area contributed by atoms with Gasteiger partial charge in [0, 0.05) is 35.1 Å². The molecule has 0 amide bonds. The molecular weight excluding hydrogens is 396 g/mol. The van der Waals surface area contributed by atoms with Crippen LogP contribution in [0.2, 0.25) is 0 Å². The molecule has 2 aromatic carbocycles. The molecule has 0 aromatic heterocycles. The number of allylic oxidation sites excluding steroid dienone is 2. The van der Waals surface area contributed by atoms with Crippen molar-refractivity contribution in [2.45, 2.75) is 33.6 Å². The molecule has 2 aliphatic rings. The molecule has 0 aliphatic heterocycles. The van der Waals surface area contributed by atoms with E-state index in [1.807, 2.05) is 6.92 Å². The number of carbonyl (C=O) groups is 4. The lowest BCUT2D eigenvalue weighted by Gasteiger charge is -2.29. The van der Waals surface area contributed by atoms with Crippen LogP contribution >= 0.6 is 0 Å². The predicted molar refractivity (Wildman–Crippen MR) is 113 cm³/mol. The van der Waals surface area contributed by atoms with Crippen LogP contribution in [-0.2, 0) is 19.1 Å². The number of hydrogen-bond acceptors (Lipinski definition) is 6. The molecule has 4 rings (SSSR count). The van der Waals surface area contributed by atoms with E-state index < -0.39 is 23.5 Å².